The summed E-state index contributed by atoms with van der Waals surface area (Å²) < 4.78 is 3.50. The SMILES string of the molecule is Cc1sc2ncn(/N=C/c3c(-c4ccccc4)n(C)c4ccccc34)c(=O)c2c1C. The Hall–Kier alpha value is -3.51. The molecule has 3 heterocycles. The Morgan fingerprint density at radius 1 is 1.03 bits per heavy atom. The van der Waals surface area contributed by atoms with E-state index in [4.69, 9.17) is 0 Å². The molecule has 30 heavy (non-hydrogen) atoms. The van der Waals surface area contributed by atoms with Crippen molar-refractivity contribution in [1.82, 2.24) is 14.2 Å². The van der Waals surface area contributed by atoms with Crippen LogP contribution in [0.25, 0.3) is 32.4 Å². The summed E-state index contributed by atoms with van der Waals surface area (Å²) in [5, 5.41) is 6.28. The fourth-order valence-electron chi connectivity index (χ4n) is 3.93. The van der Waals surface area contributed by atoms with Gasteiger partial charge in [-0.15, -0.1) is 11.3 Å². The van der Waals surface area contributed by atoms with Gasteiger partial charge in [-0.25, -0.2) is 4.98 Å². The zero-order valence-electron chi connectivity index (χ0n) is 17.0. The van der Waals surface area contributed by atoms with Crippen LogP contribution in [0.5, 0.6) is 0 Å². The molecule has 0 unspecified atom stereocenters. The molecule has 0 aliphatic carbocycles. The Bertz CT molecular complexity index is 1490. The molecule has 0 atom stereocenters. The van der Waals surface area contributed by atoms with E-state index < -0.39 is 0 Å². The number of thiophene rings is 1. The highest BCUT2D eigenvalue weighted by Crippen LogP contribution is 2.32. The zero-order valence-corrected chi connectivity index (χ0v) is 17.8. The summed E-state index contributed by atoms with van der Waals surface area (Å²) in [6, 6.07) is 18.5. The minimum Gasteiger partial charge on any atom is -0.343 e. The first-order chi connectivity index (χ1) is 14.6. The van der Waals surface area contributed by atoms with Gasteiger partial charge in [0.25, 0.3) is 5.56 Å². The largest absolute Gasteiger partial charge is 0.343 e. The van der Waals surface area contributed by atoms with E-state index in [0.29, 0.717) is 5.39 Å². The molecule has 0 fully saturated rings. The van der Waals surface area contributed by atoms with Crippen molar-refractivity contribution in [2.75, 3.05) is 0 Å². The molecule has 0 bridgehead atoms. The van der Waals surface area contributed by atoms with Crippen molar-refractivity contribution in [3.05, 3.63) is 87.3 Å². The molecule has 0 saturated heterocycles. The van der Waals surface area contributed by atoms with Gasteiger partial charge in [0.1, 0.15) is 11.2 Å². The van der Waals surface area contributed by atoms with Crippen LogP contribution in [0.2, 0.25) is 0 Å². The van der Waals surface area contributed by atoms with Gasteiger partial charge >= 0.3 is 0 Å². The second-order valence-corrected chi connectivity index (χ2v) is 8.51. The summed E-state index contributed by atoms with van der Waals surface area (Å²) in [5.41, 5.74) is 5.09. The van der Waals surface area contributed by atoms with Crippen molar-refractivity contribution in [3.63, 3.8) is 0 Å². The molecule has 6 heteroatoms. The highest BCUT2D eigenvalue weighted by Gasteiger charge is 2.16. The molecule has 0 saturated carbocycles. The van der Waals surface area contributed by atoms with Crippen LogP contribution in [0.1, 0.15) is 16.0 Å². The van der Waals surface area contributed by atoms with Gasteiger partial charge in [-0.05, 0) is 31.0 Å². The number of aryl methyl sites for hydroxylation is 3. The van der Waals surface area contributed by atoms with Crippen LogP contribution >= 0.6 is 11.3 Å². The first kappa shape index (κ1) is 18.5. The lowest BCUT2D eigenvalue weighted by Gasteiger charge is -2.06. The van der Waals surface area contributed by atoms with Crippen LogP contribution in [0.15, 0.2) is 70.8 Å². The van der Waals surface area contributed by atoms with Gasteiger partial charge in [-0.3, -0.25) is 4.79 Å². The lowest BCUT2D eigenvalue weighted by atomic mass is 10.1. The van der Waals surface area contributed by atoms with Crippen molar-refractivity contribution >= 4 is 38.7 Å². The first-order valence-corrected chi connectivity index (χ1v) is 10.5. The lowest BCUT2D eigenvalue weighted by Crippen LogP contribution is -2.17. The summed E-state index contributed by atoms with van der Waals surface area (Å²) in [5.74, 6) is 0. The first-order valence-electron chi connectivity index (χ1n) is 9.71. The summed E-state index contributed by atoms with van der Waals surface area (Å²) in [7, 11) is 2.05. The van der Waals surface area contributed by atoms with Gasteiger partial charge in [-0.2, -0.15) is 9.78 Å². The van der Waals surface area contributed by atoms with Gasteiger partial charge in [-0.1, -0.05) is 48.5 Å². The molecule has 2 aromatic carbocycles. The molecule has 0 N–H and O–H groups in total. The van der Waals surface area contributed by atoms with E-state index in [-0.39, 0.29) is 5.56 Å². The lowest BCUT2D eigenvalue weighted by molar-refractivity contribution is 0.818. The minimum absolute atomic E-state index is 0.139. The monoisotopic (exact) mass is 412 g/mol. The third-order valence-electron chi connectivity index (χ3n) is 5.58. The second-order valence-electron chi connectivity index (χ2n) is 7.31. The van der Waals surface area contributed by atoms with Gasteiger partial charge in [0.05, 0.1) is 17.3 Å². The third-order valence-corrected chi connectivity index (χ3v) is 6.69. The van der Waals surface area contributed by atoms with Crippen molar-refractivity contribution in [3.8, 4) is 11.3 Å². The van der Waals surface area contributed by atoms with Crippen LogP contribution in [0.3, 0.4) is 0 Å². The van der Waals surface area contributed by atoms with Gasteiger partial charge in [0, 0.05) is 28.4 Å². The molecule has 0 spiro atoms. The number of rotatable bonds is 3. The maximum Gasteiger partial charge on any atom is 0.282 e. The molecule has 5 aromatic rings. The molecular formula is C24H20N4OS. The van der Waals surface area contributed by atoms with Crippen molar-refractivity contribution in [2.24, 2.45) is 12.1 Å². The van der Waals surface area contributed by atoms with Crippen LogP contribution in [0.4, 0.5) is 0 Å². The molecule has 5 nitrogen and oxygen atoms in total. The zero-order chi connectivity index (χ0) is 20.8. The Balaban J connectivity index is 1.72. The molecular weight excluding hydrogens is 392 g/mol. The van der Waals surface area contributed by atoms with Crippen LogP contribution in [-0.4, -0.2) is 20.4 Å². The summed E-state index contributed by atoms with van der Waals surface area (Å²) in [4.78, 5) is 19.3. The Kier molecular flexibility index (Phi) is 4.37. The number of fused-ring (bicyclic) bond motifs is 2. The number of aromatic nitrogens is 3. The van der Waals surface area contributed by atoms with Gasteiger partial charge in [0.15, 0.2) is 0 Å². The van der Waals surface area contributed by atoms with E-state index in [1.54, 1.807) is 17.6 Å². The molecule has 0 radical (unpaired) electrons. The molecule has 5 rings (SSSR count). The number of nitrogens with zero attached hydrogens (tertiary/aromatic N) is 4. The Labute approximate surface area is 177 Å². The van der Waals surface area contributed by atoms with Crippen molar-refractivity contribution < 1.29 is 0 Å². The topological polar surface area (TPSA) is 52.2 Å². The quantitative estimate of drug-likeness (QED) is 0.386. The van der Waals surface area contributed by atoms with E-state index in [1.165, 1.54) is 11.0 Å². The summed E-state index contributed by atoms with van der Waals surface area (Å²) in [6.07, 6.45) is 3.28. The van der Waals surface area contributed by atoms with Crippen LogP contribution in [-0.2, 0) is 7.05 Å². The number of para-hydroxylation sites is 1. The molecule has 3 aromatic heterocycles. The summed E-state index contributed by atoms with van der Waals surface area (Å²) in [6.45, 7) is 3.97. The maximum atomic E-state index is 13.0. The van der Waals surface area contributed by atoms with Crippen molar-refractivity contribution in [1.29, 1.82) is 0 Å². The molecule has 0 aliphatic rings. The molecule has 0 amide bonds. The fraction of sp³-hybridized carbons (Fsp3) is 0.125. The minimum atomic E-state index is -0.139. The third kappa shape index (κ3) is 2.80. The Morgan fingerprint density at radius 2 is 1.77 bits per heavy atom. The van der Waals surface area contributed by atoms with E-state index in [2.05, 4.69) is 46.0 Å². The Morgan fingerprint density at radius 3 is 2.57 bits per heavy atom. The predicted molar refractivity (Wildman–Crippen MR) is 125 cm³/mol. The normalized spacial score (nSPS) is 11.8. The average molecular weight is 413 g/mol. The maximum absolute atomic E-state index is 13.0. The number of benzene rings is 2. The van der Waals surface area contributed by atoms with E-state index in [9.17, 15) is 4.79 Å². The highest BCUT2D eigenvalue weighted by molar-refractivity contribution is 7.18. The number of hydrogen-bond donors (Lipinski definition) is 0. The van der Waals surface area contributed by atoms with Crippen molar-refractivity contribution in [2.45, 2.75) is 13.8 Å². The van der Waals surface area contributed by atoms with E-state index in [1.807, 2.05) is 44.2 Å². The van der Waals surface area contributed by atoms with Gasteiger partial charge < -0.3 is 4.57 Å². The van der Waals surface area contributed by atoms with Crippen LogP contribution in [0, 0.1) is 13.8 Å². The standard InChI is InChI=1S/C24H20N4OS/c1-15-16(2)30-23-21(15)24(29)28(14-25-23)26-13-19-18-11-7-8-12-20(18)27(3)22(19)17-9-5-4-6-10-17/h4-14H,1-3H3/b26-13+. The van der Waals surface area contributed by atoms with Gasteiger partial charge in [0.2, 0.25) is 0 Å². The second kappa shape index (κ2) is 7.07. The van der Waals surface area contributed by atoms with E-state index >= 15 is 0 Å². The smallest absolute Gasteiger partial charge is 0.282 e. The average Bonchev–Trinajstić information content (AvgIpc) is 3.22. The summed E-state index contributed by atoms with van der Waals surface area (Å²) >= 11 is 1.54. The number of hydrogen-bond acceptors (Lipinski definition) is 4. The molecule has 148 valence electrons. The predicted octanol–water partition coefficient (Wildman–Crippen LogP) is 5.12. The highest BCUT2D eigenvalue weighted by atomic mass is 32.1. The fourth-order valence-corrected chi connectivity index (χ4v) is 4.91. The molecule has 0 aliphatic heterocycles. The van der Waals surface area contributed by atoms with E-state index in [0.717, 1.165) is 43.0 Å². The van der Waals surface area contributed by atoms with Crippen LogP contribution < -0.4 is 5.56 Å².